The van der Waals surface area contributed by atoms with Crippen molar-refractivity contribution in [3.8, 4) is 6.07 Å². The third-order valence-corrected chi connectivity index (χ3v) is 3.09. The highest BCUT2D eigenvalue weighted by Crippen LogP contribution is 2.22. The van der Waals surface area contributed by atoms with E-state index in [1.54, 1.807) is 0 Å². The Hall–Kier alpha value is -1.65. The lowest BCUT2D eigenvalue weighted by molar-refractivity contribution is 0.0691. The number of aromatic nitrogens is 1. The third-order valence-electron chi connectivity index (χ3n) is 2.19. The van der Waals surface area contributed by atoms with Gasteiger partial charge in [-0.05, 0) is 0 Å². The molecule has 7 heteroatoms. The second kappa shape index (κ2) is 4.47. The van der Waals surface area contributed by atoms with Crippen LogP contribution in [0.2, 0.25) is 0 Å². The van der Waals surface area contributed by atoms with Crippen molar-refractivity contribution in [3.05, 3.63) is 11.1 Å². The van der Waals surface area contributed by atoms with Gasteiger partial charge in [0.05, 0.1) is 19.2 Å². The molecule has 0 radical (unpaired) electrons. The molecule has 0 bridgehead atoms. The zero-order valence-electron chi connectivity index (χ0n) is 8.29. The van der Waals surface area contributed by atoms with Crippen molar-refractivity contribution >= 4 is 22.4 Å². The van der Waals surface area contributed by atoms with Crippen LogP contribution in [0.15, 0.2) is 5.38 Å². The molecule has 1 N–H and O–H groups in total. The molecule has 1 atom stereocenters. The summed E-state index contributed by atoms with van der Waals surface area (Å²) >= 11 is 1.27. The van der Waals surface area contributed by atoms with Crippen LogP contribution in [-0.4, -0.2) is 41.9 Å². The first kappa shape index (κ1) is 10.9. The summed E-state index contributed by atoms with van der Waals surface area (Å²) < 4.78 is 5.19. The SMILES string of the molecule is N#CC1CN(c2nc(C(=O)O)cs2)CCO1. The van der Waals surface area contributed by atoms with E-state index in [1.165, 1.54) is 16.7 Å². The van der Waals surface area contributed by atoms with E-state index in [0.29, 0.717) is 24.8 Å². The van der Waals surface area contributed by atoms with Crippen LogP contribution in [0.4, 0.5) is 5.13 Å². The molecule has 2 rings (SSSR count). The molecule has 1 unspecified atom stereocenters. The number of morpholine rings is 1. The molecule has 0 amide bonds. The number of carboxylic acid groups (broad SMARTS) is 1. The number of carbonyl (C=O) groups is 1. The summed E-state index contributed by atoms with van der Waals surface area (Å²) in [6, 6.07) is 2.03. The summed E-state index contributed by atoms with van der Waals surface area (Å²) in [4.78, 5) is 16.5. The summed E-state index contributed by atoms with van der Waals surface area (Å²) in [5.74, 6) is -1.03. The molecular formula is C9H9N3O3S. The standard InChI is InChI=1S/C9H9N3O3S/c10-3-6-4-12(1-2-15-6)9-11-7(5-16-9)8(13)14/h5-6H,1-2,4H2,(H,13,14). The van der Waals surface area contributed by atoms with Crippen molar-refractivity contribution in [2.75, 3.05) is 24.6 Å². The number of nitriles is 1. The fourth-order valence-corrected chi connectivity index (χ4v) is 2.25. The normalized spacial score (nSPS) is 20.4. The number of carboxylic acids is 1. The Kier molecular flexibility index (Phi) is 3.03. The van der Waals surface area contributed by atoms with Crippen molar-refractivity contribution in [2.24, 2.45) is 0 Å². The first-order valence-corrected chi connectivity index (χ1v) is 5.53. The highest BCUT2D eigenvalue weighted by Gasteiger charge is 2.22. The average molecular weight is 239 g/mol. The number of ether oxygens (including phenoxy) is 1. The minimum absolute atomic E-state index is 0.0417. The maximum absolute atomic E-state index is 10.7. The van der Waals surface area contributed by atoms with Gasteiger partial charge in [-0.2, -0.15) is 5.26 Å². The molecule has 6 nitrogen and oxygen atoms in total. The number of anilines is 1. The van der Waals surface area contributed by atoms with E-state index in [9.17, 15) is 4.79 Å². The Morgan fingerprint density at radius 2 is 2.62 bits per heavy atom. The van der Waals surface area contributed by atoms with Crippen molar-refractivity contribution < 1.29 is 14.6 Å². The van der Waals surface area contributed by atoms with Crippen LogP contribution in [0, 0.1) is 11.3 Å². The van der Waals surface area contributed by atoms with Crippen molar-refractivity contribution in [2.45, 2.75) is 6.10 Å². The molecule has 0 saturated carbocycles. The van der Waals surface area contributed by atoms with Gasteiger partial charge in [0.1, 0.15) is 0 Å². The predicted molar refractivity (Wildman–Crippen MR) is 56.6 cm³/mol. The number of aromatic carboxylic acids is 1. The van der Waals surface area contributed by atoms with E-state index in [-0.39, 0.29) is 5.69 Å². The Balaban J connectivity index is 2.11. The molecule has 0 aromatic carbocycles. The minimum atomic E-state index is -1.03. The Bertz CT molecular complexity index is 439. The number of hydrogen-bond acceptors (Lipinski definition) is 6. The largest absolute Gasteiger partial charge is 0.476 e. The topological polar surface area (TPSA) is 86.5 Å². The molecule has 1 aromatic rings. The molecule has 1 fully saturated rings. The number of hydrogen-bond donors (Lipinski definition) is 1. The lowest BCUT2D eigenvalue weighted by atomic mass is 10.3. The summed E-state index contributed by atoms with van der Waals surface area (Å²) in [5, 5.41) is 19.6. The summed E-state index contributed by atoms with van der Waals surface area (Å²) in [7, 11) is 0. The van der Waals surface area contributed by atoms with E-state index in [0.717, 1.165) is 0 Å². The lowest BCUT2D eigenvalue weighted by Gasteiger charge is -2.29. The van der Waals surface area contributed by atoms with Gasteiger partial charge in [0.15, 0.2) is 16.9 Å². The van der Waals surface area contributed by atoms with Crippen molar-refractivity contribution in [1.29, 1.82) is 5.26 Å². The molecule has 1 saturated heterocycles. The van der Waals surface area contributed by atoms with Crippen LogP contribution < -0.4 is 4.90 Å². The van der Waals surface area contributed by atoms with E-state index >= 15 is 0 Å². The van der Waals surface area contributed by atoms with E-state index in [2.05, 4.69) is 4.98 Å². The molecule has 16 heavy (non-hydrogen) atoms. The van der Waals surface area contributed by atoms with Gasteiger partial charge >= 0.3 is 5.97 Å². The van der Waals surface area contributed by atoms with Gasteiger partial charge in [-0.1, -0.05) is 0 Å². The predicted octanol–water partition coefficient (Wildman–Crippen LogP) is 0.570. The van der Waals surface area contributed by atoms with Crippen molar-refractivity contribution in [1.82, 2.24) is 4.98 Å². The molecule has 1 aromatic heterocycles. The fraction of sp³-hybridized carbons (Fsp3) is 0.444. The smallest absolute Gasteiger partial charge is 0.355 e. The van der Waals surface area contributed by atoms with Gasteiger partial charge in [0.25, 0.3) is 0 Å². The average Bonchev–Trinajstić information content (AvgIpc) is 2.78. The van der Waals surface area contributed by atoms with Crippen LogP contribution in [0.5, 0.6) is 0 Å². The minimum Gasteiger partial charge on any atom is -0.476 e. The van der Waals surface area contributed by atoms with Crippen LogP contribution in [0.3, 0.4) is 0 Å². The van der Waals surface area contributed by atoms with Crippen LogP contribution in [0.25, 0.3) is 0 Å². The number of nitrogens with zero attached hydrogens (tertiary/aromatic N) is 3. The molecule has 2 heterocycles. The Morgan fingerprint density at radius 1 is 1.81 bits per heavy atom. The Labute approximate surface area is 95.7 Å². The van der Waals surface area contributed by atoms with Crippen LogP contribution >= 0.6 is 11.3 Å². The molecule has 1 aliphatic rings. The second-order valence-corrected chi connectivity index (χ2v) is 4.09. The second-order valence-electron chi connectivity index (χ2n) is 3.26. The summed E-state index contributed by atoms with van der Waals surface area (Å²) in [5.41, 5.74) is 0.0417. The monoisotopic (exact) mass is 239 g/mol. The van der Waals surface area contributed by atoms with Gasteiger partial charge in [-0.3, -0.25) is 0 Å². The van der Waals surface area contributed by atoms with Gasteiger partial charge in [-0.15, -0.1) is 11.3 Å². The van der Waals surface area contributed by atoms with E-state index in [1.807, 2.05) is 11.0 Å². The maximum atomic E-state index is 10.7. The maximum Gasteiger partial charge on any atom is 0.355 e. The number of thiazole rings is 1. The zero-order valence-corrected chi connectivity index (χ0v) is 9.11. The molecule has 0 spiro atoms. The summed E-state index contributed by atoms with van der Waals surface area (Å²) in [6.45, 7) is 1.52. The third kappa shape index (κ3) is 2.13. The van der Waals surface area contributed by atoms with E-state index < -0.39 is 12.1 Å². The quantitative estimate of drug-likeness (QED) is 0.812. The molecule has 0 aliphatic carbocycles. The van der Waals surface area contributed by atoms with Crippen molar-refractivity contribution in [3.63, 3.8) is 0 Å². The van der Waals surface area contributed by atoms with Gasteiger partial charge in [0.2, 0.25) is 0 Å². The van der Waals surface area contributed by atoms with Gasteiger partial charge < -0.3 is 14.7 Å². The first-order chi connectivity index (χ1) is 7.70. The fourth-order valence-electron chi connectivity index (χ4n) is 1.41. The molecule has 1 aliphatic heterocycles. The highest BCUT2D eigenvalue weighted by atomic mass is 32.1. The zero-order chi connectivity index (χ0) is 11.5. The van der Waals surface area contributed by atoms with Crippen LogP contribution in [0.1, 0.15) is 10.5 Å². The first-order valence-electron chi connectivity index (χ1n) is 4.65. The molecule has 84 valence electrons. The highest BCUT2D eigenvalue weighted by molar-refractivity contribution is 7.13. The van der Waals surface area contributed by atoms with Gasteiger partial charge in [-0.25, -0.2) is 9.78 Å². The summed E-state index contributed by atoms with van der Waals surface area (Å²) in [6.07, 6.45) is -0.467. The lowest BCUT2D eigenvalue weighted by Crippen LogP contribution is -2.41. The van der Waals surface area contributed by atoms with E-state index in [4.69, 9.17) is 15.1 Å². The number of rotatable bonds is 2. The van der Waals surface area contributed by atoms with Crippen LogP contribution in [-0.2, 0) is 4.74 Å². The Morgan fingerprint density at radius 3 is 3.25 bits per heavy atom. The molecular weight excluding hydrogens is 230 g/mol. The van der Waals surface area contributed by atoms with Gasteiger partial charge in [0, 0.05) is 11.9 Å².